The third-order valence-electron chi connectivity index (χ3n) is 2.75. The Hall–Kier alpha value is -1.14. The van der Waals surface area contributed by atoms with Gasteiger partial charge in [0.05, 0.1) is 6.61 Å². The second-order valence-electron chi connectivity index (χ2n) is 4.09. The minimum atomic E-state index is 0.692. The average molecular weight is 313 g/mol. The molecule has 5 nitrogen and oxygen atoms in total. The minimum Gasteiger partial charge on any atom is -0.383 e. The van der Waals surface area contributed by atoms with Crippen molar-refractivity contribution in [1.82, 2.24) is 14.6 Å². The highest BCUT2D eigenvalue weighted by atomic mass is 79.9. The summed E-state index contributed by atoms with van der Waals surface area (Å²) in [6.07, 6.45) is 1.58. The van der Waals surface area contributed by atoms with Crippen LogP contribution in [0.25, 0.3) is 5.65 Å². The molecular weight excluding hydrogens is 296 g/mol. The maximum absolute atomic E-state index is 5.16. The first-order valence-corrected chi connectivity index (χ1v) is 6.98. The number of pyridine rings is 1. The molecule has 0 aliphatic heterocycles. The number of rotatable bonds is 6. The van der Waals surface area contributed by atoms with Crippen LogP contribution >= 0.6 is 15.9 Å². The number of nitrogens with zero attached hydrogens (tertiary/aromatic N) is 4. The maximum Gasteiger partial charge on any atom is 0.157 e. The van der Waals surface area contributed by atoms with Crippen LogP contribution in [-0.4, -0.2) is 46.7 Å². The van der Waals surface area contributed by atoms with Crippen LogP contribution in [-0.2, 0) is 4.74 Å². The van der Waals surface area contributed by atoms with E-state index in [2.05, 4.69) is 43.9 Å². The third kappa shape index (κ3) is 2.81. The molecule has 6 heteroatoms. The number of aryl methyl sites for hydroxylation is 1. The Labute approximate surface area is 115 Å². The second kappa shape index (κ2) is 6.15. The molecule has 0 spiro atoms. The minimum absolute atomic E-state index is 0.692. The van der Waals surface area contributed by atoms with Crippen molar-refractivity contribution in [2.75, 3.05) is 37.0 Å². The molecule has 0 aliphatic carbocycles. The van der Waals surface area contributed by atoms with E-state index in [-0.39, 0.29) is 0 Å². The summed E-state index contributed by atoms with van der Waals surface area (Å²) in [5, 5.41) is 5.18. The normalized spacial score (nSPS) is 11.1. The molecule has 0 bridgehead atoms. The van der Waals surface area contributed by atoms with Gasteiger partial charge in [-0.25, -0.2) is 4.98 Å². The Bertz CT molecular complexity index is 514. The van der Waals surface area contributed by atoms with Gasteiger partial charge in [0, 0.05) is 25.5 Å². The van der Waals surface area contributed by atoms with E-state index >= 15 is 0 Å². The quantitative estimate of drug-likeness (QED) is 0.764. The van der Waals surface area contributed by atoms with Crippen LogP contribution < -0.4 is 4.90 Å². The van der Waals surface area contributed by atoms with Gasteiger partial charge in [-0.15, -0.1) is 0 Å². The summed E-state index contributed by atoms with van der Waals surface area (Å²) in [4.78, 5) is 6.49. The zero-order valence-electron chi connectivity index (χ0n) is 10.6. The van der Waals surface area contributed by atoms with Crippen molar-refractivity contribution in [1.29, 1.82) is 0 Å². The van der Waals surface area contributed by atoms with Crippen LogP contribution in [0.15, 0.2) is 18.5 Å². The number of alkyl halides is 1. The van der Waals surface area contributed by atoms with Gasteiger partial charge in [-0.3, -0.25) is 0 Å². The zero-order valence-corrected chi connectivity index (χ0v) is 12.2. The Balaban J connectivity index is 2.38. The van der Waals surface area contributed by atoms with Gasteiger partial charge in [0.1, 0.15) is 12.1 Å². The van der Waals surface area contributed by atoms with Crippen molar-refractivity contribution in [3.8, 4) is 0 Å². The molecule has 2 rings (SSSR count). The molecule has 0 unspecified atom stereocenters. The molecule has 0 radical (unpaired) electrons. The van der Waals surface area contributed by atoms with Crippen LogP contribution in [0.2, 0.25) is 0 Å². The fourth-order valence-corrected chi connectivity index (χ4v) is 2.33. The fraction of sp³-hybridized carbons (Fsp3) is 0.500. The van der Waals surface area contributed by atoms with E-state index < -0.39 is 0 Å². The lowest BCUT2D eigenvalue weighted by Crippen LogP contribution is -2.31. The number of hydrogen-bond acceptors (Lipinski definition) is 4. The van der Waals surface area contributed by atoms with E-state index in [1.165, 1.54) is 5.56 Å². The van der Waals surface area contributed by atoms with E-state index in [9.17, 15) is 0 Å². The van der Waals surface area contributed by atoms with Crippen molar-refractivity contribution in [2.24, 2.45) is 0 Å². The van der Waals surface area contributed by atoms with E-state index in [0.29, 0.717) is 6.61 Å². The second-order valence-corrected chi connectivity index (χ2v) is 4.88. The van der Waals surface area contributed by atoms with E-state index in [0.717, 1.165) is 29.9 Å². The molecule has 0 aliphatic rings. The summed E-state index contributed by atoms with van der Waals surface area (Å²) in [7, 11) is 1.72. The first-order valence-electron chi connectivity index (χ1n) is 5.86. The molecule has 2 aromatic rings. The SMILES string of the molecule is COCCN(CCBr)c1cc(C)cc2ncnn12. The van der Waals surface area contributed by atoms with Crippen molar-refractivity contribution in [3.05, 3.63) is 24.0 Å². The van der Waals surface area contributed by atoms with Crippen molar-refractivity contribution in [3.63, 3.8) is 0 Å². The monoisotopic (exact) mass is 312 g/mol. The molecule has 0 N–H and O–H groups in total. The fourth-order valence-electron chi connectivity index (χ4n) is 1.91. The van der Waals surface area contributed by atoms with E-state index in [4.69, 9.17) is 4.74 Å². The van der Waals surface area contributed by atoms with Gasteiger partial charge in [0.25, 0.3) is 0 Å². The lowest BCUT2D eigenvalue weighted by atomic mass is 10.2. The van der Waals surface area contributed by atoms with Gasteiger partial charge in [0.2, 0.25) is 0 Å². The van der Waals surface area contributed by atoms with Gasteiger partial charge in [0.15, 0.2) is 5.65 Å². The summed E-state index contributed by atoms with van der Waals surface area (Å²) in [5.41, 5.74) is 2.06. The first-order chi connectivity index (χ1) is 8.76. The highest BCUT2D eigenvalue weighted by molar-refractivity contribution is 9.09. The van der Waals surface area contributed by atoms with Crippen molar-refractivity contribution >= 4 is 27.4 Å². The molecule has 0 saturated heterocycles. The molecule has 98 valence electrons. The number of hydrogen-bond donors (Lipinski definition) is 0. The lowest BCUT2D eigenvalue weighted by molar-refractivity contribution is 0.205. The highest BCUT2D eigenvalue weighted by Gasteiger charge is 2.11. The molecule has 0 aromatic carbocycles. The number of fused-ring (bicyclic) bond motifs is 1. The molecule has 0 amide bonds. The summed E-state index contributed by atoms with van der Waals surface area (Å²) >= 11 is 3.48. The zero-order chi connectivity index (χ0) is 13.0. The van der Waals surface area contributed by atoms with Gasteiger partial charge in [-0.1, -0.05) is 15.9 Å². The Morgan fingerprint density at radius 2 is 2.22 bits per heavy atom. The number of aromatic nitrogens is 3. The molecule has 2 heterocycles. The summed E-state index contributed by atoms with van der Waals surface area (Å²) in [6, 6.07) is 4.15. The molecule has 0 saturated carbocycles. The number of halogens is 1. The Kier molecular flexibility index (Phi) is 4.54. The molecule has 18 heavy (non-hydrogen) atoms. The highest BCUT2D eigenvalue weighted by Crippen LogP contribution is 2.18. The van der Waals surface area contributed by atoms with Crippen molar-refractivity contribution in [2.45, 2.75) is 6.92 Å². The Morgan fingerprint density at radius 3 is 2.94 bits per heavy atom. The number of anilines is 1. The van der Waals surface area contributed by atoms with Crippen LogP contribution in [0, 0.1) is 6.92 Å². The van der Waals surface area contributed by atoms with Crippen molar-refractivity contribution < 1.29 is 4.74 Å². The van der Waals surface area contributed by atoms with Gasteiger partial charge >= 0.3 is 0 Å². The number of ether oxygens (including phenoxy) is 1. The molecule has 0 atom stereocenters. The van der Waals surface area contributed by atoms with E-state index in [1.807, 2.05) is 10.6 Å². The van der Waals surface area contributed by atoms with Gasteiger partial charge in [-0.05, 0) is 24.6 Å². The van der Waals surface area contributed by atoms with Crippen LogP contribution in [0.5, 0.6) is 0 Å². The summed E-state index contributed by atoms with van der Waals surface area (Å²) in [6.45, 7) is 4.50. The maximum atomic E-state index is 5.16. The van der Waals surface area contributed by atoms with Crippen LogP contribution in [0.1, 0.15) is 5.56 Å². The van der Waals surface area contributed by atoms with Gasteiger partial charge in [-0.2, -0.15) is 9.61 Å². The summed E-state index contributed by atoms with van der Waals surface area (Å²) in [5.74, 6) is 1.05. The van der Waals surface area contributed by atoms with E-state index in [1.54, 1.807) is 13.4 Å². The first kappa shape index (κ1) is 13.3. The predicted molar refractivity (Wildman–Crippen MR) is 75.6 cm³/mol. The average Bonchev–Trinajstić information content (AvgIpc) is 2.81. The standard InChI is InChI=1S/C12H17BrN4O/c1-10-7-11-14-9-15-17(11)12(8-10)16(4-3-13)5-6-18-2/h7-9H,3-6H2,1-2H3. The summed E-state index contributed by atoms with van der Waals surface area (Å²) < 4.78 is 7.03. The van der Waals surface area contributed by atoms with Crippen LogP contribution in [0.3, 0.4) is 0 Å². The molecular formula is C12H17BrN4O. The van der Waals surface area contributed by atoms with Gasteiger partial charge < -0.3 is 9.64 Å². The molecule has 2 aromatic heterocycles. The lowest BCUT2D eigenvalue weighted by Gasteiger charge is -2.24. The van der Waals surface area contributed by atoms with Crippen LogP contribution in [0.4, 0.5) is 5.82 Å². The molecule has 0 fully saturated rings. The predicted octanol–water partition coefficient (Wildman–Crippen LogP) is 1.89. The topological polar surface area (TPSA) is 42.7 Å². The number of methoxy groups -OCH3 is 1. The largest absolute Gasteiger partial charge is 0.383 e. The Morgan fingerprint density at radius 1 is 1.39 bits per heavy atom. The third-order valence-corrected chi connectivity index (χ3v) is 3.10. The smallest absolute Gasteiger partial charge is 0.157 e.